The number of halogens is 2. The van der Waals surface area contributed by atoms with Crippen molar-refractivity contribution in [1.29, 1.82) is 0 Å². The van der Waals surface area contributed by atoms with Crippen molar-refractivity contribution in [1.82, 2.24) is 4.90 Å². The van der Waals surface area contributed by atoms with E-state index in [4.69, 9.17) is 11.6 Å². The highest BCUT2D eigenvalue weighted by molar-refractivity contribution is 7.93. The van der Waals surface area contributed by atoms with Crippen LogP contribution in [-0.4, -0.2) is 49.0 Å². The lowest BCUT2D eigenvalue weighted by Gasteiger charge is -2.44. The minimum Gasteiger partial charge on any atom is -0.341 e. The third kappa shape index (κ3) is 3.56. The Balaban J connectivity index is 1.65. The number of amides is 1. The molecule has 1 aliphatic carbocycles. The average Bonchev–Trinajstić information content (AvgIpc) is 2.47. The second-order valence-electron chi connectivity index (χ2n) is 7.37. The van der Waals surface area contributed by atoms with Crippen molar-refractivity contribution in [2.45, 2.75) is 48.9 Å². The van der Waals surface area contributed by atoms with Gasteiger partial charge in [0.1, 0.15) is 5.67 Å². The Hall–Kier alpha value is -1.14. The minimum absolute atomic E-state index is 0.223. The van der Waals surface area contributed by atoms with Crippen LogP contribution in [0.1, 0.15) is 37.7 Å². The van der Waals surface area contributed by atoms with Gasteiger partial charge in [-0.15, -0.1) is 0 Å². The molecule has 7 heteroatoms. The molecule has 2 aliphatic rings. The van der Waals surface area contributed by atoms with E-state index in [1.54, 1.807) is 17.0 Å². The second kappa shape index (κ2) is 6.54. The minimum atomic E-state index is -3.46. The summed E-state index contributed by atoms with van der Waals surface area (Å²) in [6.07, 6.45) is 3.37. The molecule has 138 valence electrons. The molecule has 0 radical (unpaired) electrons. The lowest BCUT2D eigenvalue weighted by Crippen LogP contribution is -2.60. The standard InChI is InChI=1S/C18H23ClFNO3S/c1-25(23,24)18(7-2-8-18)16(22)21-11-9-17(20,10-12-21)13-14-3-5-15(19)6-4-14/h3-6H,2,7-13H2,1H3. The molecule has 2 fully saturated rings. The molecular formula is C18H23ClFNO3S. The summed E-state index contributed by atoms with van der Waals surface area (Å²) in [6, 6.07) is 7.11. The maximum absolute atomic E-state index is 15.1. The summed E-state index contributed by atoms with van der Waals surface area (Å²) in [5, 5.41) is 0.614. The Bertz CT molecular complexity index is 751. The molecule has 0 unspecified atom stereocenters. The van der Waals surface area contributed by atoms with Gasteiger partial charge in [0.05, 0.1) is 0 Å². The Labute approximate surface area is 153 Å². The van der Waals surface area contributed by atoms with Crippen LogP contribution in [0.5, 0.6) is 0 Å². The van der Waals surface area contributed by atoms with Crippen molar-refractivity contribution in [2.24, 2.45) is 0 Å². The first kappa shape index (κ1) is 18.6. The van der Waals surface area contributed by atoms with Gasteiger partial charge in [0.2, 0.25) is 5.91 Å². The fourth-order valence-electron chi connectivity index (χ4n) is 3.78. The van der Waals surface area contributed by atoms with Crippen LogP contribution in [0, 0.1) is 0 Å². The van der Waals surface area contributed by atoms with E-state index >= 15 is 4.39 Å². The van der Waals surface area contributed by atoms with Gasteiger partial charge in [-0.2, -0.15) is 0 Å². The number of hydrogen-bond acceptors (Lipinski definition) is 3. The van der Waals surface area contributed by atoms with Gasteiger partial charge in [-0.1, -0.05) is 23.7 Å². The first-order valence-electron chi connectivity index (χ1n) is 8.58. The molecule has 1 aromatic carbocycles. The largest absolute Gasteiger partial charge is 0.341 e. The van der Waals surface area contributed by atoms with Crippen molar-refractivity contribution >= 4 is 27.3 Å². The molecule has 1 amide bonds. The fraction of sp³-hybridized carbons (Fsp3) is 0.611. The zero-order valence-corrected chi connectivity index (χ0v) is 15.9. The van der Waals surface area contributed by atoms with Gasteiger partial charge in [0.25, 0.3) is 0 Å². The van der Waals surface area contributed by atoms with Crippen molar-refractivity contribution in [2.75, 3.05) is 19.3 Å². The van der Waals surface area contributed by atoms with Crippen LogP contribution in [0.3, 0.4) is 0 Å². The lowest BCUT2D eigenvalue weighted by molar-refractivity contribution is -0.138. The van der Waals surface area contributed by atoms with Gasteiger partial charge in [0, 0.05) is 30.8 Å². The fourth-order valence-corrected chi connectivity index (χ4v) is 5.39. The number of nitrogens with zero attached hydrogens (tertiary/aromatic N) is 1. The average molecular weight is 388 g/mol. The van der Waals surface area contributed by atoms with Crippen molar-refractivity contribution in [3.63, 3.8) is 0 Å². The number of rotatable bonds is 4. The number of sulfone groups is 1. The molecule has 25 heavy (non-hydrogen) atoms. The van der Waals surface area contributed by atoms with Crippen molar-refractivity contribution in [3.8, 4) is 0 Å². The van der Waals surface area contributed by atoms with Gasteiger partial charge in [-0.05, 0) is 49.8 Å². The summed E-state index contributed by atoms with van der Waals surface area (Å²) in [5.74, 6) is -0.338. The number of carbonyl (C=O) groups is 1. The third-order valence-corrected chi connectivity index (χ3v) is 7.90. The van der Waals surface area contributed by atoms with E-state index in [9.17, 15) is 13.2 Å². The smallest absolute Gasteiger partial charge is 0.244 e. The molecule has 3 rings (SSSR count). The molecule has 4 nitrogen and oxygen atoms in total. The summed E-state index contributed by atoms with van der Waals surface area (Å²) in [6.45, 7) is 0.528. The van der Waals surface area contributed by atoms with Crippen LogP contribution < -0.4 is 0 Å². The van der Waals surface area contributed by atoms with E-state index in [0.29, 0.717) is 17.9 Å². The molecule has 0 bridgehead atoms. The zero-order chi connectivity index (χ0) is 18.3. The van der Waals surface area contributed by atoms with Gasteiger partial charge in [-0.3, -0.25) is 4.79 Å². The maximum Gasteiger partial charge on any atom is 0.244 e. The predicted octanol–water partition coefficient (Wildman–Crippen LogP) is 3.18. The summed E-state index contributed by atoms with van der Waals surface area (Å²) < 4.78 is 38.0. The topological polar surface area (TPSA) is 54.5 Å². The van der Waals surface area contributed by atoms with E-state index in [0.717, 1.165) is 18.2 Å². The van der Waals surface area contributed by atoms with Gasteiger partial charge in [-0.25, -0.2) is 12.8 Å². The molecule has 1 saturated heterocycles. The van der Waals surface area contributed by atoms with Gasteiger partial charge >= 0.3 is 0 Å². The predicted molar refractivity (Wildman–Crippen MR) is 96.2 cm³/mol. The van der Waals surface area contributed by atoms with E-state index < -0.39 is 20.3 Å². The summed E-state index contributed by atoms with van der Waals surface area (Å²) >= 11 is 5.85. The molecule has 0 atom stereocenters. The molecule has 1 aromatic rings. The molecule has 0 spiro atoms. The van der Waals surface area contributed by atoms with Crippen molar-refractivity contribution in [3.05, 3.63) is 34.9 Å². The first-order valence-corrected chi connectivity index (χ1v) is 10.8. The highest BCUT2D eigenvalue weighted by Crippen LogP contribution is 2.42. The number of piperidine rings is 1. The Morgan fingerprint density at radius 2 is 1.72 bits per heavy atom. The highest BCUT2D eigenvalue weighted by Gasteiger charge is 2.55. The van der Waals surface area contributed by atoms with E-state index in [1.807, 2.05) is 12.1 Å². The SMILES string of the molecule is CS(=O)(=O)C1(C(=O)N2CCC(F)(Cc3ccc(Cl)cc3)CC2)CCC1. The molecule has 1 saturated carbocycles. The maximum atomic E-state index is 15.1. The number of carbonyl (C=O) groups excluding carboxylic acids is 1. The monoisotopic (exact) mass is 387 g/mol. The number of hydrogen-bond donors (Lipinski definition) is 0. The second-order valence-corrected chi connectivity index (χ2v) is 10.1. The van der Waals surface area contributed by atoms with Crippen molar-refractivity contribution < 1.29 is 17.6 Å². The van der Waals surface area contributed by atoms with Crippen LogP contribution in [0.4, 0.5) is 4.39 Å². The summed E-state index contributed by atoms with van der Waals surface area (Å²) in [4.78, 5) is 14.3. The zero-order valence-electron chi connectivity index (χ0n) is 14.3. The Morgan fingerprint density at radius 1 is 1.16 bits per heavy atom. The number of likely N-dealkylation sites (tertiary alicyclic amines) is 1. The third-order valence-electron chi connectivity index (χ3n) is 5.64. The molecule has 0 N–H and O–H groups in total. The molecule has 1 aliphatic heterocycles. The highest BCUT2D eigenvalue weighted by atomic mass is 35.5. The molecule has 0 aromatic heterocycles. The Morgan fingerprint density at radius 3 is 2.16 bits per heavy atom. The number of benzene rings is 1. The summed E-state index contributed by atoms with van der Waals surface area (Å²) in [5.41, 5.74) is -0.499. The van der Waals surface area contributed by atoms with E-state index in [1.165, 1.54) is 0 Å². The van der Waals surface area contributed by atoms with Crippen LogP contribution in [-0.2, 0) is 21.1 Å². The Kier molecular flexibility index (Phi) is 4.88. The van der Waals surface area contributed by atoms with E-state index in [-0.39, 0.29) is 38.3 Å². The first-order chi connectivity index (χ1) is 11.7. The molecular weight excluding hydrogens is 365 g/mol. The summed E-state index contributed by atoms with van der Waals surface area (Å²) in [7, 11) is -3.46. The van der Waals surface area contributed by atoms with Crippen LogP contribution in [0.25, 0.3) is 0 Å². The van der Waals surface area contributed by atoms with Gasteiger partial charge in [0.15, 0.2) is 14.6 Å². The van der Waals surface area contributed by atoms with Crippen LogP contribution >= 0.6 is 11.6 Å². The van der Waals surface area contributed by atoms with Crippen LogP contribution in [0.2, 0.25) is 5.02 Å². The van der Waals surface area contributed by atoms with Crippen LogP contribution in [0.15, 0.2) is 24.3 Å². The number of alkyl halides is 1. The lowest BCUT2D eigenvalue weighted by atomic mass is 9.81. The van der Waals surface area contributed by atoms with Gasteiger partial charge < -0.3 is 4.90 Å². The normalized spacial score (nSPS) is 22.3. The molecule has 1 heterocycles. The van der Waals surface area contributed by atoms with E-state index in [2.05, 4.69) is 0 Å². The quantitative estimate of drug-likeness (QED) is 0.797.